The second-order valence-corrected chi connectivity index (χ2v) is 7.54. The van der Waals surface area contributed by atoms with Crippen LogP contribution in [0, 0.1) is 0 Å². The molecule has 132 valence electrons. The van der Waals surface area contributed by atoms with Crippen molar-refractivity contribution < 1.29 is 19.1 Å². The fraction of sp³-hybridized carbons (Fsp3) is 0.529. The molecular formula is C17H23BrN2O4. The largest absolute Gasteiger partial charge is 0.468 e. The molecular weight excluding hydrogens is 376 g/mol. The first-order chi connectivity index (χ1) is 11.2. The molecule has 1 aromatic rings. The minimum atomic E-state index is -0.641. The van der Waals surface area contributed by atoms with Gasteiger partial charge in [0.1, 0.15) is 11.6 Å². The summed E-state index contributed by atoms with van der Waals surface area (Å²) < 4.78 is 11.3. The van der Waals surface area contributed by atoms with E-state index in [1.165, 1.54) is 7.11 Å². The number of hydrogen-bond acceptors (Lipinski definition) is 5. The van der Waals surface area contributed by atoms with Crippen LogP contribution in [0.4, 0.5) is 4.79 Å². The molecule has 0 aromatic heterocycles. The number of amides is 1. The lowest BCUT2D eigenvalue weighted by atomic mass is 9.95. The standard InChI is InChI=1S/C17H23BrN2O4/c1-17(2,3)24-16(22)20-10-9-19-13(15(21)23-4)14(20)11-5-7-12(18)8-6-11/h5-8,13-14,19H,9-10H2,1-4H3/t13-,14+/m0/s1. The highest BCUT2D eigenvalue weighted by atomic mass is 79.9. The second kappa shape index (κ2) is 7.53. The van der Waals surface area contributed by atoms with Gasteiger partial charge < -0.3 is 14.8 Å². The quantitative estimate of drug-likeness (QED) is 0.775. The van der Waals surface area contributed by atoms with Crippen LogP contribution in [-0.2, 0) is 14.3 Å². The van der Waals surface area contributed by atoms with E-state index in [4.69, 9.17) is 9.47 Å². The summed E-state index contributed by atoms with van der Waals surface area (Å²) in [7, 11) is 1.34. The summed E-state index contributed by atoms with van der Waals surface area (Å²) in [6.07, 6.45) is -0.439. The number of halogens is 1. The second-order valence-electron chi connectivity index (χ2n) is 6.63. The van der Waals surface area contributed by atoms with Gasteiger partial charge in [-0.3, -0.25) is 9.69 Å². The van der Waals surface area contributed by atoms with Crippen molar-refractivity contribution in [3.8, 4) is 0 Å². The molecule has 24 heavy (non-hydrogen) atoms. The first-order valence-corrected chi connectivity index (χ1v) is 8.58. The smallest absolute Gasteiger partial charge is 0.410 e. The predicted octanol–water partition coefficient (Wildman–Crippen LogP) is 2.87. The molecule has 1 N–H and O–H groups in total. The SMILES string of the molecule is COC(=O)[C@H]1NCCN(C(=O)OC(C)(C)C)[C@@H]1c1ccc(Br)cc1. The van der Waals surface area contributed by atoms with E-state index < -0.39 is 29.7 Å². The molecule has 2 rings (SSSR count). The van der Waals surface area contributed by atoms with Crippen molar-refractivity contribution in [2.75, 3.05) is 20.2 Å². The van der Waals surface area contributed by atoms with Crippen LogP contribution in [0.25, 0.3) is 0 Å². The van der Waals surface area contributed by atoms with Crippen molar-refractivity contribution in [1.82, 2.24) is 10.2 Å². The zero-order valence-corrected chi connectivity index (χ0v) is 15.9. The highest BCUT2D eigenvalue weighted by Crippen LogP contribution is 2.30. The molecule has 0 saturated carbocycles. The minimum Gasteiger partial charge on any atom is -0.468 e. The maximum absolute atomic E-state index is 12.6. The average Bonchev–Trinajstić information content (AvgIpc) is 2.52. The Morgan fingerprint density at radius 1 is 1.25 bits per heavy atom. The number of hydrogen-bond donors (Lipinski definition) is 1. The molecule has 6 nitrogen and oxygen atoms in total. The number of esters is 1. The van der Waals surface area contributed by atoms with Crippen LogP contribution in [-0.4, -0.2) is 48.8 Å². The number of carbonyl (C=O) groups is 2. The molecule has 1 aliphatic rings. The Balaban J connectivity index is 2.37. The molecule has 1 fully saturated rings. The first-order valence-electron chi connectivity index (χ1n) is 7.79. The Morgan fingerprint density at radius 3 is 2.42 bits per heavy atom. The van der Waals surface area contributed by atoms with Gasteiger partial charge in [0, 0.05) is 17.6 Å². The van der Waals surface area contributed by atoms with Crippen LogP contribution in [0.1, 0.15) is 32.4 Å². The third-order valence-electron chi connectivity index (χ3n) is 3.66. The van der Waals surface area contributed by atoms with Gasteiger partial charge in [0.05, 0.1) is 13.2 Å². The fourth-order valence-corrected chi connectivity index (χ4v) is 2.93. The molecule has 2 atom stereocenters. The highest BCUT2D eigenvalue weighted by Gasteiger charge is 2.41. The lowest BCUT2D eigenvalue weighted by Gasteiger charge is -2.41. The molecule has 1 aromatic carbocycles. The van der Waals surface area contributed by atoms with Crippen molar-refractivity contribution in [2.45, 2.75) is 38.5 Å². The average molecular weight is 399 g/mol. The Morgan fingerprint density at radius 2 is 1.88 bits per heavy atom. The summed E-state index contributed by atoms with van der Waals surface area (Å²) in [4.78, 5) is 26.4. The van der Waals surface area contributed by atoms with Gasteiger partial charge in [0.25, 0.3) is 0 Å². The minimum absolute atomic E-state index is 0.406. The molecule has 0 aliphatic carbocycles. The molecule has 0 bridgehead atoms. The summed E-state index contributed by atoms with van der Waals surface area (Å²) in [5, 5.41) is 3.14. The third kappa shape index (κ3) is 4.48. The summed E-state index contributed by atoms with van der Waals surface area (Å²) >= 11 is 3.40. The normalized spacial score (nSPS) is 21.3. The molecule has 0 spiro atoms. The molecule has 1 aliphatic heterocycles. The molecule has 1 heterocycles. The molecule has 7 heteroatoms. The lowest BCUT2D eigenvalue weighted by Crippen LogP contribution is -2.58. The van der Waals surface area contributed by atoms with E-state index in [9.17, 15) is 9.59 Å². The molecule has 0 radical (unpaired) electrons. The number of piperazine rings is 1. The zero-order chi connectivity index (χ0) is 17.9. The molecule has 1 saturated heterocycles. The zero-order valence-electron chi connectivity index (χ0n) is 14.3. The Bertz CT molecular complexity index is 598. The van der Waals surface area contributed by atoms with Crippen LogP contribution in [0.15, 0.2) is 28.7 Å². The van der Waals surface area contributed by atoms with E-state index >= 15 is 0 Å². The summed E-state index contributed by atoms with van der Waals surface area (Å²) in [6, 6.07) is 6.40. The number of ether oxygens (including phenoxy) is 2. The summed E-state index contributed by atoms with van der Waals surface area (Å²) in [5.41, 5.74) is 0.235. The monoisotopic (exact) mass is 398 g/mol. The van der Waals surface area contributed by atoms with Gasteiger partial charge in [0.15, 0.2) is 0 Å². The van der Waals surface area contributed by atoms with E-state index in [0.717, 1.165) is 10.0 Å². The predicted molar refractivity (Wildman–Crippen MR) is 93.6 cm³/mol. The van der Waals surface area contributed by atoms with E-state index in [1.54, 1.807) is 4.90 Å². The van der Waals surface area contributed by atoms with E-state index in [2.05, 4.69) is 21.2 Å². The van der Waals surface area contributed by atoms with E-state index in [1.807, 2.05) is 45.0 Å². The number of carbonyl (C=O) groups excluding carboxylic acids is 2. The maximum atomic E-state index is 12.6. The van der Waals surface area contributed by atoms with Crippen LogP contribution in [0.5, 0.6) is 0 Å². The summed E-state index contributed by atoms with van der Waals surface area (Å²) in [5.74, 6) is -0.406. The number of methoxy groups -OCH3 is 1. The topological polar surface area (TPSA) is 67.9 Å². The Labute approximate surface area is 150 Å². The van der Waals surface area contributed by atoms with Gasteiger partial charge in [-0.05, 0) is 38.5 Å². The van der Waals surface area contributed by atoms with Gasteiger partial charge >= 0.3 is 12.1 Å². The lowest BCUT2D eigenvalue weighted by molar-refractivity contribution is -0.146. The third-order valence-corrected chi connectivity index (χ3v) is 4.19. The van der Waals surface area contributed by atoms with Gasteiger partial charge in [0.2, 0.25) is 0 Å². The number of benzene rings is 1. The Hall–Kier alpha value is -1.60. The van der Waals surface area contributed by atoms with Gasteiger partial charge in [-0.25, -0.2) is 4.79 Å². The van der Waals surface area contributed by atoms with Crippen molar-refractivity contribution in [1.29, 1.82) is 0 Å². The van der Waals surface area contributed by atoms with Crippen LogP contribution in [0.3, 0.4) is 0 Å². The number of rotatable bonds is 2. The number of nitrogens with one attached hydrogen (secondary N) is 1. The molecule has 0 unspecified atom stereocenters. The van der Waals surface area contributed by atoms with E-state index in [0.29, 0.717) is 13.1 Å². The van der Waals surface area contributed by atoms with Gasteiger partial charge in [-0.15, -0.1) is 0 Å². The summed E-state index contributed by atoms with van der Waals surface area (Å²) in [6.45, 7) is 6.40. The Kier molecular flexibility index (Phi) is 5.87. The maximum Gasteiger partial charge on any atom is 0.410 e. The van der Waals surface area contributed by atoms with E-state index in [-0.39, 0.29) is 0 Å². The van der Waals surface area contributed by atoms with Crippen molar-refractivity contribution in [3.05, 3.63) is 34.3 Å². The highest BCUT2D eigenvalue weighted by molar-refractivity contribution is 9.10. The van der Waals surface area contributed by atoms with Gasteiger partial charge in [-0.1, -0.05) is 28.1 Å². The van der Waals surface area contributed by atoms with Crippen molar-refractivity contribution in [3.63, 3.8) is 0 Å². The number of nitrogens with zero attached hydrogens (tertiary/aromatic N) is 1. The van der Waals surface area contributed by atoms with Gasteiger partial charge in [-0.2, -0.15) is 0 Å². The van der Waals surface area contributed by atoms with Crippen LogP contribution in [0.2, 0.25) is 0 Å². The van der Waals surface area contributed by atoms with Crippen molar-refractivity contribution in [2.24, 2.45) is 0 Å². The first kappa shape index (κ1) is 18.7. The van der Waals surface area contributed by atoms with Crippen LogP contribution >= 0.6 is 15.9 Å². The fourth-order valence-electron chi connectivity index (χ4n) is 2.67. The van der Waals surface area contributed by atoms with Crippen LogP contribution < -0.4 is 5.32 Å². The van der Waals surface area contributed by atoms with Crippen molar-refractivity contribution >= 4 is 28.0 Å². The molecule has 1 amide bonds.